The van der Waals surface area contributed by atoms with Gasteiger partial charge in [-0.05, 0) is 36.3 Å². The lowest BCUT2D eigenvalue weighted by Gasteiger charge is -2.42. The van der Waals surface area contributed by atoms with E-state index in [1.54, 1.807) is 0 Å². The van der Waals surface area contributed by atoms with Crippen LogP contribution in [0.25, 0.3) is 0 Å². The molecule has 0 bridgehead atoms. The summed E-state index contributed by atoms with van der Waals surface area (Å²) in [5.41, 5.74) is 2.98. The second-order valence-electron chi connectivity index (χ2n) is 10.5. The van der Waals surface area contributed by atoms with Gasteiger partial charge in [0.1, 0.15) is 0 Å². The highest BCUT2D eigenvalue weighted by atomic mass is 16.5. The fraction of sp³-hybridized carbons (Fsp3) is 0.769. The molecule has 4 heteroatoms. The zero-order chi connectivity index (χ0) is 22.3. The normalized spacial score (nSPS) is 19.5. The number of hydrogen-bond donors (Lipinski definition) is 1. The molecule has 2 aliphatic heterocycles. The SMILES string of the molecule is CCC1(CC(C)C)COC1.CCC1(COCC(C)(C)c2ccc(CO)cc2)COC1. The third-order valence-electron chi connectivity index (χ3n) is 6.76. The summed E-state index contributed by atoms with van der Waals surface area (Å²) in [6.07, 6.45) is 3.73. The van der Waals surface area contributed by atoms with Gasteiger partial charge in [0.15, 0.2) is 0 Å². The summed E-state index contributed by atoms with van der Waals surface area (Å²) < 4.78 is 16.5. The van der Waals surface area contributed by atoms with Gasteiger partial charge in [0.2, 0.25) is 0 Å². The average molecular weight is 421 g/mol. The van der Waals surface area contributed by atoms with Crippen molar-refractivity contribution in [1.82, 2.24) is 0 Å². The lowest BCUT2D eigenvalue weighted by Crippen LogP contribution is -2.46. The molecule has 172 valence electrons. The van der Waals surface area contributed by atoms with Crippen molar-refractivity contribution in [1.29, 1.82) is 0 Å². The van der Waals surface area contributed by atoms with Gasteiger partial charge in [-0.25, -0.2) is 0 Å². The molecule has 0 amide bonds. The summed E-state index contributed by atoms with van der Waals surface area (Å²) in [6, 6.07) is 8.11. The Morgan fingerprint density at radius 2 is 1.50 bits per heavy atom. The van der Waals surface area contributed by atoms with E-state index in [9.17, 15) is 0 Å². The molecule has 0 aromatic heterocycles. The number of aliphatic hydroxyl groups excluding tert-OH is 1. The van der Waals surface area contributed by atoms with Crippen LogP contribution in [0.4, 0.5) is 0 Å². The lowest BCUT2D eigenvalue weighted by atomic mass is 9.76. The fourth-order valence-electron chi connectivity index (χ4n) is 4.17. The summed E-state index contributed by atoms with van der Waals surface area (Å²) in [5, 5.41) is 9.09. The molecule has 2 saturated heterocycles. The summed E-state index contributed by atoms with van der Waals surface area (Å²) >= 11 is 0. The van der Waals surface area contributed by atoms with Gasteiger partial charge >= 0.3 is 0 Å². The van der Waals surface area contributed by atoms with Crippen molar-refractivity contribution in [3.63, 3.8) is 0 Å². The maximum Gasteiger partial charge on any atom is 0.0681 e. The molecule has 0 atom stereocenters. The van der Waals surface area contributed by atoms with Gasteiger partial charge in [0, 0.05) is 16.2 Å². The molecular weight excluding hydrogens is 376 g/mol. The molecule has 30 heavy (non-hydrogen) atoms. The second kappa shape index (κ2) is 11.1. The Labute approximate surface area is 184 Å². The first-order valence-electron chi connectivity index (χ1n) is 11.6. The number of aliphatic hydroxyl groups is 1. The third kappa shape index (κ3) is 6.78. The number of rotatable bonds is 10. The van der Waals surface area contributed by atoms with Gasteiger partial charge in [0.25, 0.3) is 0 Å². The monoisotopic (exact) mass is 420 g/mol. The summed E-state index contributed by atoms with van der Waals surface area (Å²) in [5.74, 6) is 0.823. The van der Waals surface area contributed by atoms with E-state index >= 15 is 0 Å². The summed E-state index contributed by atoms with van der Waals surface area (Å²) in [4.78, 5) is 0. The highest BCUT2D eigenvalue weighted by molar-refractivity contribution is 5.27. The minimum Gasteiger partial charge on any atom is -0.392 e. The Kier molecular flexibility index (Phi) is 9.35. The van der Waals surface area contributed by atoms with Gasteiger partial charge in [-0.1, -0.05) is 65.8 Å². The maximum absolute atomic E-state index is 9.09. The Hall–Kier alpha value is -0.940. The zero-order valence-electron chi connectivity index (χ0n) is 20.1. The number of ether oxygens (including phenoxy) is 3. The van der Waals surface area contributed by atoms with Crippen LogP contribution in [0.3, 0.4) is 0 Å². The van der Waals surface area contributed by atoms with Crippen LogP contribution in [0.15, 0.2) is 24.3 Å². The third-order valence-corrected chi connectivity index (χ3v) is 6.76. The van der Waals surface area contributed by atoms with Gasteiger partial charge in [-0.3, -0.25) is 0 Å². The molecule has 2 fully saturated rings. The van der Waals surface area contributed by atoms with Crippen molar-refractivity contribution in [3.8, 4) is 0 Å². The average Bonchev–Trinajstić information content (AvgIpc) is 2.67. The topological polar surface area (TPSA) is 47.9 Å². The van der Waals surface area contributed by atoms with Crippen LogP contribution < -0.4 is 0 Å². The van der Waals surface area contributed by atoms with Crippen LogP contribution in [0.2, 0.25) is 0 Å². The van der Waals surface area contributed by atoms with E-state index in [1.807, 2.05) is 12.1 Å². The molecule has 0 spiro atoms. The Bertz CT molecular complexity index is 601. The highest BCUT2D eigenvalue weighted by Gasteiger charge is 2.38. The van der Waals surface area contributed by atoms with Crippen LogP contribution in [0, 0.1) is 16.7 Å². The van der Waals surface area contributed by atoms with Crippen molar-refractivity contribution in [2.24, 2.45) is 16.7 Å². The molecule has 1 aromatic carbocycles. The maximum atomic E-state index is 9.09. The van der Waals surface area contributed by atoms with Crippen molar-refractivity contribution in [2.45, 2.75) is 72.8 Å². The van der Waals surface area contributed by atoms with Crippen molar-refractivity contribution in [2.75, 3.05) is 39.6 Å². The van der Waals surface area contributed by atoms with Crippen LogP contribution >= 0.6 is 0 Å². The van der Waals surface area contributed by atoms with Crippen molar-refractivity contribution in [3.05, 3.63) is 35.4 Å². The first kappa shape index (κ1) is 25.3. The fourth-order valence-corrected chi connectivity index (χ4v) is 4.17. The number of benzene rings is 1. The van der Waals surface area contributed by atoms with Crippen molar-refractivity contribution < 1.29 is 19.3 Å². The van der Waals surface area contributed by atoms with E-state index in [2.05, 4.69) is 53.7 Å². The molecule has 4 nitrogen and oxygen atoms in total. The van der Waals surface area contributed by atoms with Crippen LogP contribution in [0.1, 0.15) is 71.9 Å². The molecule has 0 radical (unpaired) electrons. The van der Waals surface area contributed by atoms with Gasteiger partial charge in [0.05, 0.1) is 46.2 Å². The molecule has 0 aliphatic carbocycles. The predicted molar refractivity (Wildman–Crippen MR) is 123 cm³/mol. The molecule has 0 unspecified atom stereocenters. The summed E-state index contributed by atoms with van der Waals surface area (Å²) in [7, 11) is 0. The summed E-state index contributed by atoms with van der Waals surface area (Å²) in [6.45, 7) is 18.7. The minimum absolute atomic E-state index is 0.0203. The molecular formula is C26H44O4. The van der Waals surface area contributed by atoms with Crippen molar-refractivity contribution >= 4 is 0 Å². The standard InChI is InChI=1S/C17H26O3.C9H18O/c1-4-17(12-20-13-17)11-19-10-16(2,3)15-7-5-14(9-18)6-8-15;1-4-9(5-8(2)3)6-10-7-9/h5-8,18H,4,9-13H2,1-3H3;8H,4-7H2,1-3H3. The Balaban J connectivity index is 0.000000269. The molecule has 2 heterocycles. The smallest absolute Gasteiger partial charge is 0.0681 e. The van der Waals surface area contributed by atoms with Gasteiger partial charge in [-0.2, -0.15) is 0 Å². The Morgan fingerprint density at radius 3 is 1.83 bits per heavy atom. The van der Waals surface area contributed by atoms with E-state index in [4.69, 9.17) is 19.3 Å². The molecule has 0 saturated carbocycles. The van der Waals surface area contributed by atoms with E-state index in [1.165, 1.54) is 18.4 Å². The Morgan fingerprint density at radius 1 is 0.967 bits per heavy atom. The van der Waals surface area contributed by atoms with Gasteiger partial charge < -0.3 is 19.3 Å². The molecule has 1 N–H and O–H groups in total. The van der Waals surface area contributed by atoms with E-state index in [-0.39, 0.29) is 17.4 Å². The minimum atomic E-state index is -0.0203. The molecule has 1 aromatic rings. The highest BCUT2D eigenvalue weighted by Crippen LogP contribution is 2.37. The molecule has 3 rings (SSSR count). The van der Waals surface area contributed by atoms with Crippen LogP contribution in [0.5, 0.6) is 0 Å². The van der Waals surface area contributed by atoms with Gasteiger partial charge in [-0.15, -0.1) is 0 Å². The second-order valence-corrected chi connectivity index (χ2v) is 10.5. The number of hydrogen-bond acceptors (Lipinski definition) is 4. The molecule has 2 aliphatic rings. The van der Waals surface area contributed by atoms with E-state index in [0.29, 0.717) is 12.0 Å². The quantitative estimate of drug-likeness (QED) is 0.554. The zero-order valence-corrected chi connectivity index (χ0v) is 20.1. The van der Waals surface area contributed by atoms with Crippen LogP contribution in [-0.4, -0.2) is 44.7 Å². The first-order chi connectivity index (χ1) is 14.2. The van der Waals surface area contributed by atoms with Crippen LogP contribution in [-0.2, 0) is 26.2 Å². The lowest BCUT2D eigenvalue weighted by molar-refractivity contribution is -0.153. The van der Waals surface area contributed by atoms with E-state index in [0.717, 1.165) is 50.9 Å². The first-order valence-corrected chi connectivity index (χ1v) is 11.6. The van der Waals surface area contributed by atoms with E-state index < -0.39 is 0 Å². The largest absolute Gasteiger partial charge is 0.392 e. The predicted octanol–water partition coefficient (Wildman–Crippen LogP) is 5.36.